The molecule has 0 aromatic heterocycles. The van der Waals surface area contributed by atoms with E-state index in [1.807, 2.05) is 24.3 Å². The molecular formula is C16H17NO4. The molecule has 2 aromatic carbocycles. The summed E-state index contributed by atoms with van der Waals surface area (Å²) < 4.78 is 16.1. The molecule has 0 unspecified atom stereocenters. The van der Waals surface area contributed by atoms with Gasteiger partial charge >= 0.3 is 0 Å². The first-order valence-electron chi connectivity index (χ1n) is 6.38. The molecule has 110 valence electrons. The van der Waals surface area contributed by atoms with E-state index in [2.05, 4.69) is 0 Å². The summed E-state index contributed by atoms with van der Waals surface area (Å²) in [7, 11) is 3.11. The molecule has 0 aliphatic carbocycles. The van der Waals surface area contributed by atoms with E-state index in [0.717, 1.165) is 11.3 Å². The molecule has 0 saturated heterocycles. The molecule has 2 aromatic rings. The lowest BCUT2D eigenvalue weighted by Gasteiger charge is -2.13. The first-order chi connectivity index (χ1) is 10.2. The molecule has 0 saturated carbocycles. The third-order valence-electron chi connectivity index (χ3n) is 2.98. The van der Waals surface area contributed by atoms with Gasteiger partial charge in [-0.15, -0.1) is 0 Å². The summed E-state index contributed by atoms with van der Waals surface area (Å²) in [4.78, 5) is 11.5. The van der Waals surface area contributed by atoms with Crippen LogP contribution in [0.2, 0.25) is 0 Å². The number of ether oxygens (including phenoxy) is 3. The van der Waals surface area contributed by atoms with Crippen molar-refractivity contribution in [2.45, 2.75) is 6.61 Å². The lowest BCUT2D eigenvalue weighted by molar-refractivity contribution is 0.0995. The van der Waals surface area contributed by atoms with Crippen molar-refractivity contribution in [1.29, 1.82) is 0 Å². The zero-order chi connectivity index (χ0) is 15.2. The Labute approximate surface area is 123 Å². The fourth-order valence-electron chi connectivity index (χ4n) is 1.94. The Bertz CT molecular complexity index is 640. The SMILES string of the molecule is COc1cccc(COc2c(OC)cccc2C(N)=O)c1. The number of rotatable bonds is 6. The molecule has 2 N–H and O–H groups in total. The van der Waals surface area contributed by atoms with E-state index in [1.54, 1.807) is 25.3 Å². The van der Waals surface area contributed by atoms with Crippen molar-refractivity contribution in [3.63, 3.8) is 0 Å². The molecule has 21 heavy (non-hydrogen) atoms. The number of carbonyl (C=O) groups excluding carboxylic acids is 1. The molecule has 0 bridgehead atoms. The van der Waals surface area contributed by atoms with Crippen LogP contribution in [0.15, 0.2) is 42.5 Å². The Kier molecular flexibility index (Phi) is 4.66. The maximum absolute atomic E-state index is 11.5. The Balaban J connectivity index is 2.24. The first kappa shape index (κ1) is 14.7. The number of amides is 1. The van der Waals surface area contributed by atoms with Crippen LogP contribution in [0.4, 0.5) is 0 Å². The molecule has 0 atom stereocenters. The standard InChI is InChI=1S/C16H17NO4/c1-19-12-6-3-5-11(9-12)10-21-15-13(16(17)18)7-4-8-14(15)20-2/h3-9H,10H2,1-2H3,(H2,17,18). The molecule has 0 fully saturated rings. The molecule has 2 rings (SSSR count). The van der Waals surface area contributed by atoms with Gasteiger partial charge in [-0.2, -0.15) is 0 Å². The minimum atomic E-state index is -0.561. The van der Waals surface area contributed by atoms with Crippen LogP contribution in [0.1, 0.15) is 15.9 Å². The molecule has 0 aliphatic rings. The lowest BCUT2D eigenvalue weighted by Crippen LogP contribution is -2.13. The highest BCUT2D eigenvalue weighted by molar-refractivity contribution is 5.96. The quantitative estimate of drug-likeness (QED) is 0.885. The van der Waals surface area contributed by atoms with Crippen molar-refractivity contribution in [1.82, 2.24) is 0 Å². The van der Waals surface area contributed by atoms with Crippen molar-refractivity contribution in [3.8, 4) is 17.2 Å². The number of methoxy groups -OCH3 is 2. The van der Waals surface area contributed by atoms with E-state index in [1.165, 1.54) is 7.11 Å². The van der Waals surface area contributed by atoms with Gasteiger partial charge in [0.2, 0.25) is 0 Å². The summed E-state index contributed by atoms with van der Waals surface area (Å²) >= 11 is 0. The number of hydrogen-bond acceptors (Lipinski definition) is 4. The number of para-hydroxylation sites is 1. The molecule has 5 heteroatoms. The second-order valence-corrected chi connectivity index (χ2v) is 4.34. The predicted octanol–water partition coefficient (Wildman–Crippen LogP) is 2.38. The third-order valence-corrected chi connectivity index (χ3v) is 2.98. The van der Waals surface area contributed by atoms with Crippen LogP contribution in [0.25, 0.3) is 0 Å². The van der Waals surface area contributed by atoms with Gasteiger partial charge in [-0.05, 0) is 29.8 Å². The van der Waals surface area contributed by atoms with Crippen LogP contribution in [0.3, 0.4) is 0 Å². The zero-order valence-corrected chi connectivity index (χ0v) is 12.0. The number of benzene rings is 2. The number of hydrogen-bond donors (Lipinski definition) is 1. The number of primary amides is 1. The summed E-state index contributed by atoms with van der Waals surface area (Å²) in [5.41, 5.74) is 6.56. The summed E-state index contributed by atoms with van der Waals surface area (Å²) in [5.74, 6) is 0.991. The smallest absolute Gasteiger partial charge is 0.252 e. The lowest BCUT2D eigenvalue weighted by atomic mass is 10.1. The Morgan fingerprint density at radius 3 is 2.52 bits per heavy atom. The Morgan fingerprint density at radius 1 is 1.10 bits per heavy atom. The van der Waals surface area contributed by atoms with E-state index in [0.29, 0.717) is 11.5 Å². The van der Waals surface area contributed by atoms with Gasteiger partial charge in [-0.1, -0.05) is 18.2 Å². The van der Waals surface area contributed by atoms with Crippen LogP contribution in [-0.4, -0.2) is 20.1 Å². The average Bonchev–Trinajstić information content (AvgIpc) is 2.52. The third kappa shape index (κ3) is 3.45. The van der Waals surface area contributed by atoms with Crippen molar-refractivity contribution < 1.29 is 19.0 Å². The van der Waals surface area contributed by atoms with Crippen molar-refractivity contribution in [2.75, 3.05) is 14.2 Å². The largest absolute Gasteiger partial charge is 0.497 e. The number of carbonyl (C=O) groups is 1. The monoisotopic (exact) mass is 287 g/mol. The zero-order valence-electron chi connectivity index (χ0n) is 12.0. The maximum Gasteiger partial charge on any atom is 0.252 e. The van der Waals surface area contributed by atoms with Gasteiger partial charge in [-0.3, -0.25) is 4.79 Å². The minimum absolute atomic E-state index is 0.276. The predicted molar refractivity (Wildman–Crippen MR) is 78.8 cm³/mol. The summed E-state index contributed by atoms with van der Waals surface area (Å²) in [6.45, 7) is 0.276. The van der Waals surface area contributed by atoms with Crippen LogP contribution < -0.4 is 19.9 Å². The highest BCUT2D eigenvalue weighted by Gasteiger charge is 2.14. The minimum Gasteiger partial charge on any atom is -0.497 e. The van der Waals surface area contributed by atoms with Gasteiger partial charge in [0.1, 0.15) is 12.4 Å². The van der Waals surface area contributed by atoms with Crippen molar-refractivity contribution >= 4 is 5.91 Å². The molecule has 1 amide bonds. The van der Waals surface area contributed by atoms with Gasteiger partial charge in [0, 0.05) is 0 Å². The molecule has 0 spiro atoms. The van der Waals surface area contributed by atoms with E-state index < -0.39 is 5.91 Å². The van der Waals surface area contributed by atoms with Crippen LogP contribution in [-0.2, 0) is 6.61 Å². The van der Waals surface area contributed by atoms with Gasteiger partial charge in [0.25, 0.3) is 5.91 Å². The summed E-state index contributed by atoms with van der Waals surface area (Å²) in [5, 5.41) is 0. The van der Waals surface area contributed by atoms with E-state index in [9.17, 15) is 4.79 Å². The summed E-state index contributed by atoms with van der Waals surface area (Å²) in [6, 6.07) is 12.5. The van der Waals surface area contributed by atoms with E-state index in [-0.39, 0.29) is 12.2 Å². The topological polar surface area (TPSA) is 70.8 Å². The molecule has 0 heterocycles. The molecule has 0 radical (unpaired) electrons. The van der Waals surface area contributed by atoms with Gasteiger partial charge in [0.15, 0.2) is 11.5 Å². The normalized spacial score (nSPS) is 10.0. The molecule has 5 nitrogen and oxygen atoms in total. The van der Waals surface area contributed by atoms with Crippen molar-refractivity contribution in [3.05, 3.63) is 53.6 Å². The number of nitrogens with two attached hydrogens (primary N) is 1. The van der Waals surface area contributed by atoms with E-state index >= 15 is 0 Å². The second kappa shape index (κ2) is 6.65. The van der Waals surface area contributed by atoms with Gasteiger partial charge < -0.3 is 19.9 Å². The Morgan fingerprint density at radius 2 is 1.86 bits per heavy atom. The first-order valence-corrected chi connectivity index (χ1v) is 6.38. The van der Waals surface area contributed by atoms with Crippen LogP contribution in [0.5, 0.6) is 17.2 Å². The molecular weight excluding hydrogens is 270 g/mol. The maximum atomic E-state index is 11.5. The highest BCUT2D eigenvalue weighted by Crippen LogP contribution is 2.31. The van der Waals surface area contributed by atoms with Crippen LogP contribution >= 0.6 is 0 Å². The van der Waals surface area contributed by atoms with E-state index in [4.69, 9.17) is 19.9 Å². The second-order valence-electron chi connectivity index (χ2n) is 4.34. The fraction of sp³-hybridized carbons (Fsp3) is 0.188. The van der Waals surface area contributed by atoms with Gasteiger partial charge in [0.05, 0.1) is 19.8 Å². The van der Waals surface area contributed by atoms with Crippen molar-refractivity contribution in [2.24, 2.45) is 5.73 Å². The summed E-state index contributed by atoms with van der Waals surface area (Å²) in [6.07, 6.45) is 0. The highest BCUT2D eigenvalue weighted by atomic mass is 16.5. The van der Waals surface area contributed by atoms with Crippen LogP contribution in [0, 0.1) is 0 Å². The molecule has 0 aliphatic heterocycles. The average molecular weight is 287 g/mol. The van der Waals surface area contributed by atoms with Gasteiger partial charge in [-0.25, -0.2) is 0 Å². The fourth-order valence-corrected chi connectivity index (χ4v) is 1.94. The Hall–Kier alpha value is -2.69.